The Labute approximate surface area is 129 Å². The number of carboxylic acids is 1. The van der Waals surface area contributed by atoms with E-state index < -0.39 is 5.97 Å². The number of hydrogen-bond acceptors (Lipinski definition) is 3. The Morgan fingerprint density at radius 2 is 2.00 bits per heavy atom. The van der Waals surface area contributed by atoms with E-state index in [4.69, 9.17) is 16.7 Å². The van der Waals surface area contributed by atoms with Crippen LogP contribution in [0, 0.1) is 0 Å². The van der Waals surface area contributed by atoms with Crippen molar-refractivity contribution in [2.24, 2.45) is 0 Å². The number of rotatable bonds is 4. The molecule has 1 aliphatic heterocycles. The SMILES string of the molecule is O=C(O)CN1CCCN(C(=O)Cc2cccc(Cl)c2)CC1. The highest BCUT2D eigenvalue weighted by molar-refractivity contribution is 6.30. The average Bonchev–Trinajstić information content (AvgIpc) is 2.63. The zero-order valence-corrected chi connectivity index (χ0v) is 12.6. The Morgan fingerprint density at radius 3 is 2.71 bits per heavy atom. The molecular formula is C15H19ClN2O3. The highest BCUT2D eigenvalue weighted by atomic mass is 35.5. The van der Waals surface area contributed by atoms with E-state index >= 15 is 0 Å². The first kappa shape index (κ1) is 15.8. The Morgan fingerprint density at radius 1 is 1.19 bits per heavy atom. The van der Waals surface area contributed by atoms with Crippen molar-refractivity contribution in [2.45, 2.75) is 12.8 Å². The van der Waals surface area contributed by atoms with E-state index in [-0.39, 0.29) is 12.5 Å². The summed E-state index contributed by atoms with van der Waals surface area (Å²) in [6.45, 7) is 2.61. The van der Waals surface area contributed by atoms with Crippen LogP contribution in [0.4, 0.5) is 0 Å². The summed E-state index contributed by atoms with van der Waals surface area (Å²) >= 11 is 5.92. The van der Waals surface area contributed by atoms with Crippen molar-refractivity contribution in [3.05, 3.63) is 34.9 Å². The van der Waals surface area contributed by atoms with Crippen LogP contribution in [0.25, 0.3) is 0 Å². The lowest BCUT2D eigenvalue weighted by atomic mass is 10.1. The molecule has 1 saturated heterocycles. The van der Waals surface area contributed by atoms with E-state index in [1.807, 2.05) is 21.9 Å². The Hall–Kier alpha value is -1.59. The second-order valence-corrected chi connectivity index (χ2v) is 5.65. The normalized spacial score (nSPS) is 16.5. The predicted molar refractivity (Wildman–Crippen MR) is 80.4 cm³/mol. The van der Waals surface area contributed by atoms with Crippen molar-refractivity contribution in [1.29, 1.82) is 0 Å². The topological polar surface area (TPSA) is 60.9 Å². The van der Waals surface area contributed by atoms with Crippen molar-refractivity contribution in [2.75, 3.05) is 32.7 Å². The van der Waals surface area contributed by atoms with Gasteiger partial charge in [-0.2, -0.15) is 0 Å². The van der Waals surface area contributed by atoms with Crippen LogP contribution in [0.5, 0.6) is 0 Å². The zero-order valence-electron chi connectivity index (χ0n) is 11.8. The summed E-state index contributed by atoms with van der Waals surface area (Å²) in [6, 6.07) is 7.31. The Balaban J connectivity index is 1.89. The number of carbonyl (C=O) groups is 2. The molecule has 114 valence electrons. The van der Waals surface area contributed by atoms with Crippen molar-refractivity contribution >= 4 is 23.5 Å². The van der Waals surface area contributed by atoms with Gasteiger partial charge in [-0.1, -0.05) is 23.7 Å². The zero-order chi connectivity index (χ0) is 15.2. The molecule has 0 saturated carbocycles. The Bertz CT molecular complexity index is 521. The molecule has 1 fully saturated rings. The van der Waals surface area contributed by atoms with Crippen LogP contribution in [0.1, 0.15) is 12.0 Å². The first-order valence-electron chi connectivity index (χ1n) is 7.01. The van der Waals surface area contributed by atoms with E-state index in [9.17, 15) is 9.59 Å². The monoisotopic (exact) mass is 310 g/mol. The molecule has 0 atom stereocenters. The van der Waals surface area contributed by atoms with Crippen molar-refractivity contribution in [1.82, 2.24) is 9.80 Å². The number of benzene rings is 1. The number of aliphatic carboxylic acids is 1. The highest BCUT2D eigenvalue weighted by Gasteiger charge is 2.20. The minimum Gasteiger partial charge on any atom is -0.480 e. The summed E-state index contributed by atoms with van der Waals surface area (Å²) in [4.78, 5) is 26.7. The maximum absolute atomic E-state index is 12.3. The third-order valence-corrected chi connectivity index (χ3v) is 3.78. The van der Waals surface area contributed by atoms with Gasteiger partial charge in [0.15, 0.2) is 0 Å². The van der Waals surface area contributed by atoms with E-state index in [1.165, 1.54) is 0 Å². The van der Waals surface area contributed by atoms with Crippen molar-refractivity contribution in [3.8, 4) is 0 Å². The number of halogens is 1. The summed E-state index contributed by atoms with van der Waals surface area (Å²) in [5, 5.41) is 9.45. The molecule has 0 aliphatic carbocycles. The van der Waals surface area contributed by atoms with Gasteiger partial charge in [0.05, 0.1) is 13.0 Å². The molecule has 0 bridgehead atoms. The first-order chi connectivity index (χ1) is 10.0. The molecule has 1 aromatic rings. The lowest BCUT2D eigenvalue weighted by Gasteiger charge is -2.21. The molecule has 1 aromatic carbocycles. The van der Waals surface area contributed by atoms with Gasteiger partial charge < -0.3 is 10.0 Å². The largest absolute Gasteiger partial charge is 0.480 e. The molecule has 0 spiro atoms. The van der Waals surface area contributed by atoms with E-state index in [0.717, 1.165) is 12.0 Å². The number of nitrogens with zero attached hydrogens (tertiary/aromatic N) is 2. The van der Waals surface area contributed by atoms with Crippen molar-refractivity contribution < 1.29 is 14.7 Å². The van der Waals surface area contributed by atoms with E-state index in [2.05, 4.69) is 0 Å². The fourth-order valence-electron chi connectivity index (χ4n) is 2.50. The van der Waals surface area contributed by atoms with Crippen LogP contribution in [0.15, 0.2) is 24.3 Å². The lowest BCUT2D eigenvalue weighted by molar-refractivity contribution is -0.138. The summed E-state index contributed by atoms with van der Waals surface area (Å²) in [6.07, 6.45) is 1.13. The van der Waals surface area contributed by atoms with Gasteiger partial charge in [0.25, 0.3) is 0 Å². The smallest absolute Gasteiger partial charge is 0.317 e. The second kappa shape index (κ2) is 7.43. The molecule has 5 nitrogen and oxygen atoms in total. The van der Waals surface area contributed by atoms with Crippen molar-refractivity contribution in [3.63, 3.8) is 0 Å². The molecule has 1 aliphatic rings. The maximum atomic E-state index is 12.3. The highest BCUT2D eigenvalue weighted by Crippen LogP contribution is 2.13. The van der Waals surface area contributed by atoms with Gasteiger partial charge in [-0.3, -0.25) is 14.5 Å². The number of carbonyl (C=O) groups excluding carboxylic acids is 1. The molecule has 2 rings (SSSR count). The summed E-state index contributed by atoms with van der Waals surface area (Å²) in [5.41, 5.74) is 0.902. The number of hydrogen-bond donors (Lipinski definition) is 1. The Kier molecular flexibility index (Phi) is 5.59. The lowest BCUT2D eigenvalue weighted by Crippen LogP contribution is -2.37. The molecule has 21 heavy (non-hydrogen) atoms. The van der Waals surface area contributed by atoms with Crippen LogP contribution >= 0.6 is 11.6 Å². The molecule has 0 unspecified atom stereocenters. The molecular weight excluding hydrogens is 292 g/mol. The summed E-state index contributed by atoms with van der Waals surface area (Å²) < 4.78 is 0. The third-order valence-electron chi connectivity index (χ3n) is 3.54. The minimum absolute atomic E-state index is 0.0380. The van der Waals surface area contributed by atoms with Gasteiger partial charge in [0.2, 0.25) is 5.91 Å². The van der Waals surface area contributed by atoms with Crippen LogP contribution in [0.3, 0.4) is 0 Å². The first-order valence-corrected chi connectivity index (χ1v) is 7.39. The standard InChI is InChI=1S/C15H19ClN2O3/c16-13-4-1-3-12(9-13)10-14(19)18-6-2-5-17(7-8-18)11-15(20)21/h1,3-4,9H,2,5-8,10-11H2,(H,20,21). The van der Waals surface area contributed by atoms with Crippen LogP contribution in [0.2, 0.25) is 5.02 Å². The molecule has 0 radical (unpaired) electrons. The molecule has 0 aromatic heterocycles. The van der Waals surface area contributed by atoms with Gasteiger partial charge in [-0.15, -0.1) is 0 Å². The fourth-order valence-corrected chi connectivity index (χ4v) is 2.72. The maximum Gasteiger partial charge on any atom is 0.317 e. The van der Waals surface area contributed by atoms with Gasteiger partial charge >= 0.3 is 5.97 Å². The predicted octanol–water partition coefficient (Wildman–Crippen LogP) is 1.50. The minimum atomic E-state index is -0.825. The number of carboxylic acid groups (broad SMARTS) is 1. The van der Waals surface area contributed by atoms with Crippen LogP contribution in [-0.4, -0.2) is 59.5 Å². The molecule has 1 amide bonds. The summed E-state index contributed by atoms with van der Waals surface area (Å²) in [5.74, 6) is -0.761. The van der Waals surface area contributed by atoms with E-state index in [0.29, 0.717) is 37.6 Å². The quantitative estimate of drug-likeness (QED) is 0.915. The van der Waals surface area contributed by atoms with Crippen LogP contribution in [-0.2, 0) is 16.0 Å². The summed E-state index contributed by atoms with van der Waals surface area (Å²) in [7, 11) is 0. The van der Waals surface area contributed by atoms with Gasteiger partial charge in [0.1, 0.15) is 0 Å². The second-order valence-electron chi connectivity index (χ2n) is 5.21. The van der Waals surface area contributed by atoms with E-state index in [1.54, 1.807) is 12.1 Å². The third kappa shape index (κ3) is 5.02. The van der Waals surface area contributed by atoms with Gasteiger partial charge in [-0.25, -0.2) is 0 Å². The van der Waals surface area contributed by atoms with Gasteiger partial charge in [-0.05, 0) is 24.1 Å². The molecule has 1 heterocycles. The number of amides is 1. The molecule has 6 heteroatoms. The fraction of sp³-hybridized carbons (Fsp3) is 0.467. The van der Waals surface area contributed by atoms with Gasteiger partial charge in [0, 0.05) is 31.2 Å². The average molecular weight is 311 g/mol. The van der Waals surface area contributed by atoms with Crippen LogP contribution < -0.4 is 0 Å². The molecule has 1 N–H and O–H groups in total.